The second-order valence-electron chi connectivity index (χ2n) is 21.1. The van der Waals surface area contributed by atoms with Gasteiger partial charge in [0.05, 0.1) is 19.8 Å². The number of ether oxygens (including phenoxy) is 4. The maximum Gasteiger partial charge on any atom is 0.306 e. The number of carbonyl (C=O) groups excluding carboxylic acids is 1. The number of aliphatic hydroxyl groups excluding tert-OH is 4. The lowest BCUT2D eigenvalue weighted by molar-refractivity contribution is -0.305. The third-order valence-electron chi connectivity index (χ3n) is 14.2. The molecule has 1 heterocycles. The predicted molar refractivity (Wildman–Crippen MR) is 302 cm³/mol. The van der Waals surface area contributed by atoms with E-state index in [-0.39, 0.29) is 19.2 Å². The molecule has 72 heavy (non-hydrogen) atoms. The maximum atomic E-state index is 12.9. The van der Waals surface area contributed by atoms with Gasteiger partial charge in [-0.05, 0) is 77.0 Å². The van der Waals surface area contributed by atoms with Crippen molar-refractivity contribution in [1.29, 1.82) is 0 Å². The molecule has 0 aromatic carbocycles. The van der Waals surface area contributed by atoms with E-state index in [0.717, 1.165) is 51.4 Å². The third kappa shape index (κ3) is 43.4. The smallest absolute Gasteiger partial charge is 0.306 e. The molecular formula is C63H116O9. The summed E-state index contributed by atoms with van der Waals surface area (Å²) in [5.41, 5.74) is 0. The van der Waals surface area contributed by atoms with E-state index in [1.54, 1.807) is 0 Å². The molecule has 6 atom stereocenters. The van der Waals surface area contributed by atoms with Crippen molar-refractivity contribution >= 4 is 5.97 Å². The van der Waals surface area contributed by atoms with Crippen molar-refractivity contribution in [1.82, 2.24) is 0 Å². The van der Waals surface area contributed by atoms with Crippen LogP contribution in [0.4, 0.5) is 0 Å². The molecule has 0 aromatic heterocycles. The highest BCUT2D eigenvalue weighted by Crippen LogP contribution is 2.23. The molecule has 6 unspecified atom stereocenters. The first-order valence-corrected chi connectivity index (χ1v) is 30.7. The second-order valence-corrected chi connectivity index (χ2v) is 21.1. The third-order valence-corrected chi connectivity index (χ3v) is 14.2. The van der Waals surface area contributed by atoms with Gasteiger partial charge in [-0.3, -0.25) is 4.79 Å². The summed E-state index contributed by atoms with van der Waals surface area (Å²) in [6.45, 7) is 4.58. The van der Waals surface area contributed by atoms with Gasteiger partial charge in [0.1, 0.15) is 30.5 Å². The monoisotopic (exact) mass is 1020 g/mol. The molecule has 422 valence electrons. The lowest BCUT2D eigenvalue weighted by atomic mass is 9.99. The molecule has 1 aliphatic rings. The molecule has 0 spiro atoms. The Kier molecular flexibility index (Phi) is 51.1. The van der Waals surface area contributed by atoms with Crippen LogP contribution in [0.3, 0.4) is 0 Å². The lowest BCUT2D eigenvalue weighted by Gasteiger charge is -2.39. The zero-order chi connectivity index (χ0) is 52.1. The number of hydrogen-bond donors (Lipinski definition) is 4. The summed E-state index contributed by atoms with van der Waals surface area (Å²) in [7, 11) is 0. The summed E-state index contributed by atoms with van der Waals surface area (Å²) in [5, 5.41) is 40.4. The van der Waals surface area contributed by atoms with Crippen molar-refractivity contribution in [2.45, 2.75) is 320 Å². The van der Waals surface area contributed by atoms with Crippen LogP contribution in [-0.4, -0.2) is 89.6 Å². The number of allylic oxidation sites excluding steroid dienone is 8. The molecule has 0 amide bonds. The van der Waals surface area contributed by atoms with E-state index in [2.05, 4.69) is 62.5 Å². The summed E-state index contributed by atoms with van der Waals surface area (Å²) in [5.74, 6) is -0.317. The minimum Gasteiger partial charge on any atom is -0.457 e. The fraction of sp³-hybridized carbons (Fsp3) is 0.857. The maximum absolute atomic E-state index is 12.9. The van der Waals surface area contributed by atoms with Gasteiger partial charge < -0.3 is 39.4 Å². The number of hydrogen-bond acceptors (Lipinski definition) is 9. The molecule has 0 bridgehead atoms. The van der Waals surface area contributed by atoms with E-state index < -0.39 is 43.4 Å². The van der Waals surface area contributed by atoms with Crippen molar-refractivity contribution in [3.8, 4) is 0 Å². The van der Waals surface area contributed by atoms with E-state index in [9.17, 15) is 25.2 Å². The van der Waals surface area contributed by atoms with Crippen LogP contribution in [0.5, 0.6) is 0 Å². The highest BCUT2D eigenvalue weighted by Gasteiger charge is 2.44. The zero-order valence-electron chi connectivity index (χ0n) is 46.9. The van der Waals surface area contributed by atoms with Crippen LogP contribution < -0.4 is 0 Å². The van der Waals surface area contributed by atoms with Gasteiger partial charge in [-0.1, -0.05) is 249 Å². The number of rotatable bonds is 54. The van der Waals surface area contributed by atoms with Crippen molar-refractivity contribution in [3.63, 3.8) is 0 Å². The predicted octanol–water partition coefficient (Wildman–Crippen LogP) is 16.4. The molecule has 1 rings (SSSR count). The second kappa shape index (κ2) is 54.0. The topological polar surface area (TPSA) is 135 Å². The molecule has 1 fully saturated rings. The van der Waals surface area contributed by atoms with Crippen LogP contribution in [0.2, 0.25) is 0 Å². The van der Waals surface area contributed by atoms with E-state index in [1.807, 2.05) is 0 Å². The summed E-state index contributed by atoms with van der Waals surface area (Å²) in [6.07, 6.45) is 63.1. The Morgan fingerprint density at radius 1 is 0.444 bits per heavy atom. The SMILES string of the molecule is CCCCCCC/C=C\C/C=C\C/C=C\CCCCCCCCCCC(=O)OC(COCCCCCCCCCCCCCCCC/C=C\CCCCCCCCCC)COC1OC(CO)C(O)C(O)C1O. The molecule has 9 nitrogen and oxygen atoms in total. The first-order valence-electron chi connectivity index (χ1n) is 30.7. The van der Waals surface area contributed by atoms with Crippen LogP contribution >= 0.6 is 0 Å². The molecular weight excluding hydrogens is 901 g/mol. The van der Waals surface area contributed by atoms with Gasteiger partial charge in [-0.2, -0.15) is 0 Å². The molecule has 1 aliphatic heterocycles. The summed E-state index contributed by atoms with van der Waals surface area (Å²) in [6, 6.07) is 0. The number of esters is 1. The largest absolute Gasteiger partial charge is 0.457 e. The van der Waals surface area contributed by atoms with E-state index in [0.29, 0.717) is 13.0 Å². The van der Waals surface area contributed by atoms with Gasteiger partial charge in [-0.15, -0.1) is 0 Å². The van der Waals surface area contributed by atoms with Gasteiger partial charge in [-0.25, -0.2) is 0 Å². The summed E-state index contributed by atoms with van der Waals surface area (Å²) in [4.78, 5) is 12.9. The molecule has 0 saturated carbocycles. The molecule has 0 radical (unpaired) electrons. The van der Waals surface area contributed by atoms with E-state index in [4.69, 9.17) is 18.9 Å². The quantitative estimate of drug-likeness (QED) is 0.0267. The van der Waals surface area contributed by atoms with Crippen molar-refractivity contribution in [2.75, 3.05) is 26.4 Å². The van der Waals surface area contributed by atoms with Crippen LogP contribution in [-0.2, 0) is 23.7 Å². The van der Waals surface area contributed by atoms with Crippen LogP contribution in [0.15, 0.2) is 48.6 Å². The normalized spacial score (nSPS) is 19.0. The van der Waals surface area contributed by atoms with Gasteiger partial charge in [0, 0.05) is 13.0 Å². The van der Waals surface area contributed by atoms with Crippen LogP contribution in [0.1, 0.15) is 284 Å². The molecule has 4 N–H and O–H groups in total. The first-order chi connectivity index (χ1) is 35.4. The lowest BCUT2D eigenvalue weighted by Crippen LogP contribution is -2.59. The minimum absolute atomic E-state index is 0.115. The first kappa shape index (κ1) is 68.2. The number of carbonyl (C=O) groups is 1. The van der Waals surface area contributed by atoms with Gasteiger partial charge in [0.25, 0.3) is 0 Å². The highest BCUT2D eigenvalue weighted by atomic mass is 16.7. The number of unbranched alkanes of at least 4 members (excludes halogenated alkanes) is 35. The fourth-order valence-electron chi connectivity index (χ4n) is 9.44. The minimum atomic E-state index is -1.54. The molecule has 0 aliphatic carbocycles. The Morgan fingerprint density at radius 2 is 0.806 bits per heavy atom. The van der Waals surface area contributed by atoms with E-state index >= 15 is 0 Å². The van der Waals surface area contributed by atoms with Crippen LogP contribution in [0, 0.1) is 0 Å². The fourth-order valence-corrected chi connectivity index (χ4v) is 9.44. The number of aliphatic hydroxyl groups is 4. The highest BCUT2D eigenvalue weighted by molar-refractivity contribution is 5.69. The van der Waals surface area contributed by atoms with Crippen molar-refractivity contribution in [3.05, 3.63) is 48.6 Å². The zero-order valence-corrected chi connectivity index (χ0v) is 46.9. The average molecular weight is 1020 g/mol. The Morgan fingerprint density at radius 3 is 1.22 bits per heavy atom. The molecule has 9 heteroatoms. The van der Waals surface area contributed by atoms with E-state index in [1.165, 1.54) is 212 Å². The van der Waals surface area contributed by atoms with Gasteiger partial charge in [0.2, 0.25) is 0 Å². The van der Waals surface area contributed by atoms with Gasteiger partial charge in [0.15, 0.2) is 6.29 Å². The summed E-state index contributed by atoms with van der Waals surface area (Å²) >= 11 is 0. The van der Waals surface area contributed by atoms with Crippen molar-refractivity contribution in [2.24, 2.45) is 0 Å². The molecule has 1 saturated heterocycles. The Hall–Kier alpha value is -1.85. The van der Waals surface area contributed by atoms with Gasteiger partial charge >= 0.3 is 5.97 Å². The standard InChI is InChI=1S/C63H116O9/c1-3-5-7-9-11-13-15-17-19-21-23-25-27-28-29-31-33-35-37-39-41-43-45-47-49-51-53-69-55-57(56-70-63-62(68)61(67)60(66)58(54-64)72-63)71-59(65)52-50-48-46-44-42-40-38-36-34-32-30-26-24-22-20-18-16-14-12-10-8-6-4-2/h16,18,21-24,30,32,57-58,60-64,66-68H,3-15,17,19-20,25-29,31,33-56H2,1-2H3/b18-16-,23-21-,24-22-,32-30-. The molecule has 0 aromatic rings. The average Bonchev–Trinajstić information content (AvgIpc) is 3.38. The summed E-state index contributed by atoms with van der Waals surface area (Å²) < 4.78 is 23.0. The Balaban J connectivity index is 2.13. The van der Waals surface area contributed by atoms with Crippen molar-refractivity contribution < 1.29 is 44.2 Å². The Bertz CT molecular complexity index is 1250. The van der Waals surface area contributed by atoms with Crippen LogP contribution in [0.25, 0.3) is 0 Å². The Labute approximate surface area is 443 Å².